The Morgan fingerprint density at radius 1 is 0.486 bits per heavy atom. The molecule has 2 amide bonds. The van der Waals surface area contributed by atoms with Gasteiger partial charge in [-0.2, -0.15) is 24.4 Å². The number of amides is 2. The Morgan fingerprint density at radius 2 is 0.819 bits per heavy atom. The molecule has 0 aromatic heterocycles. The van der Waals surface area contributed by atoms with Crippen molar-refractivity contribution in [1.82, 2.24) is 10.6 Å². The van der Waals surface area contributed by atoms with Crippen LogP contribution in [-0.2, 0) is 38.2 Å². The second-order valence-corrected chi connectivity index (χ2v) is 23.3. The third-order valence-corrected chi connectivity index (χ3v) is 14.9. The van der Waals surface area contributed by atoms with Crippen LogP contribution in [0.25, 0.3) is 0 Å². The standard InChI is InChI=1S/C29H55NO4S2.C25H46O3S.C4H9NOS/c1-4-5-6-7-8-9-10-11-12-13-14-15-16-17-18-19-22-34-28(32)20-23-36-29(33)25-26(2)35-24-21-30-27(3)31;1-3-5-6-7-8-9-10-11-12-13-14-15-16-17-18-19-22-28-24(26)21-23-29-25(27)20-4-2;1-4(6)5-2-3-7/h26H,4-25H2,1-3H3,(H,30,31);4,20H,3,5-19,21-23H2,1-2H3;7H,2-3H2,1H3,(H,5,6)/b;20-4+;. The van der Waals surface area contributed by atoms with Crippen molar-refractivity contribution in [1.29, 1.82) is 0 Å². The first kappa shape index (κ1) is 74.6. The molecule has 0 aliphatic rings. The van der Waals surface area contributed by atoms with Crippen LogP contribution in [0.3, 0.4) is 0 Å². The molecule has 0 aromatic carbocycles. The number of hydrogen-bond acceptors (Lipinski definition) is 12. The van der Waals surface area contributed by atoms with Crippen LogP contribution in [0, 0.1) is 0 Å². The molecule has 0 saturated heterocycles. The Kier molecular flexibility index (Phi) is 65.9. The SMILES string of the molecule is C/C=C/C(=O)SCCC(=O)OCCCCCCCCCCCCCCCCCC.CC(=O)NCCS.CCCCCCCCCCCCCCCCCCOC(=O)CCSC(=O)CC(C)SCCNC(C)=O. The third kappa shape index (κ3) is 70.4. The number of hydrogen-bond donors (Lipinski definition) is 3. The van der Waals surface area contributed by atoms with Crippen LogP contribution in [0.1, 0.15) is 266 Å². The summed E-state index contributed by atoms with van der Waals surface area (Å²) in [5.41, 5.74) is 0. The number of nitrogens with one attached hydrogen (secondary N) is 2. The zero-order chi connectivity index (χ0) is 53.8. The molecule has 0 bridgehead atoms. The van der Waals surface area contributed by atoms with Gasteiger partial charge in [-0.1, -0.05) is 243 Å². The van der Waals surface area contributed by atoms with Crippen molar-refractivity contribution in [3.63, 3.8) is 0 Å². The number of unbranched alkanes of at least 4 members (excludes halogenated alkanes) is 30. The van der Waals surface area contributed by atoms with Crippen molar-refractivity contribution in [2.45, 2.75) is 272 Å². The van der Waals surface area contributed by atoms with E-state index in [1.165, 1.54) is 223 Å². The molecule has 1 unspecified atom stereocenters. The highest BCUT2D eigenvalue weighted by Crippen LogP contribution is 2.19. The van der Waals surface area contributed by atoms with Gasteiger partial charge in [-0.3, -0.25) is 28.8 Å². The number of rotatable bonds is 49. The number of thiol groups is 1. The predicted octanol–water partition coefficient (Wildman–Crippen LogP) is 16.2. The molecular formula is C58H110N2O8S4. The predicted molar refractivity (Wildman–Crippen MR) is 318 cm³/mol. The van der Waals surface area contributed by atoms with Crippen LogP contribution in [0.5, 0.6) is 0 Å². The van der Waals surface area contributed by atoms with Gasteiger partial charge in [-0.15, -0.1) is 0 Å². The van der Waals surface area contributed by atoms with Gasteiger partial charge < -0.3 is 20.1 Å². The van der Waals surface area contributed by atoms with Crippen molar-refractivity contribution in [3.05, 3.63) is 12.2 Å². The fourth-order valence-corrected chi connectivity index (χ4v) is 10.2. The Hall–Kier alpha value is -1.64. The lowest BCUT2D eigenvalue weighted by atomic mass is 10.0. The molecule has 0 heterocycles. The highest BCUT2D eigenvalue weighted by molar-refractivity contribution is 8.14. The fraction of sp³-hybridized carbons (Fsp3) is 0.862. The van der Waals surface area contributed by atoms with Gasteiger partial charge >= 0.3 is 11.9 Å². The van der Waals surface area contributed by atoms with E-state index >= 15 is 0 Å². The summed E-state index contributed by atoms with van der Waals surface area (Å²) in [6, 6.07) is 0. The number of esters is 2. The topological polar surface area (TPSA) is 145 Å². The first-order valence-electron chi connectivity index (χ1n) is 28.9. The largest absolute Gasteiger partial charge is 0.466 e. The van der Waals surface area contributed by atoms with Crippen LogP contribution >= 0.6 is 47.9 Å². The molecule has 2 N–H and O–H groups in total. The van der Waals surface area contributed by atoms with Crippen LogP contribution in [0.4, 0.5) is 0 Å². The summed E-state index contributed by atoms with van der Waals surface area (Å²) in [5, 5.41) is 5.65. The number of allylic oxidation sites excluding steroid dienone is 1. The van der Waals surface area contributed by atoms with Gasteiger partial charge in [0.2, 0.25) is 16.9 Å². The second kappa shape index (κ2) is 63.7. The summed E-state index contributed by atoms with van der Waals surface area (Å²) >= 11 is 7.94. The molecule has 0 saturated carbocycles. The van der Waals surface area contributed by atoms with Crippen molar-refractivity contribution in [2.75, 3.05) is 49.3 Å². The lowest BCUT2D eigenvalue weighted by Gasteiger charge is -2.10. The zero-order valence-corrected chi connectivity index (χ0v) is 50.4. The van der Waals surface area contributed by atoms with Gasteiger partial charge in [0.1, 0.15) is 0 Å². The average Bonchev–Trinajstić information content (AvgIpc) is 3.34. The van der Waals surface area contributed by atoms with E-state index < -0.39 is 0 Å². The molecule has 0 spiro atoms. The van der Waals surface area contributed by atoms with Crippen molar-refractivity contribution >= 4 is 81.9 Å². The van der Waals surface area contributed by atoms with Crippen LogP contribution in [0.15, 0.2) is 12.2 Å². The quantitative estimate of drug-likeness (QED) is 0.0232. The van der Waals surface area contributed by atoms with Gasteiger partial charge in [-0.05, 0) is 25.8 Å². The minimum Gasteiger partial charge on any atom is -0.466 e. The van der Waals surface area contributed by atoms with Crippen LogP contribution in [-0.4, -0.2) is 88.5 Å². The number of carbonyl (C=O) groups excluding carboxylic acids is 6. The molecule has 14 heteroatoms. The smallest absolute Gasteiger partial charge is 0.306 e. The van der Waals surface area contributed by atoms with Crippen molar-refractivity contribution in [2.24, 2.45) is 0 Å². The maximum absolute atomic E-state index is 12.0. The van der Waals surface area contributed by atoms with E-state index in [4.69, 9.17) is 9.47 Å². The summed E-state index contributed by atoms with van der Waals surface area (Å²) in [7, 11) is 0. The Balaban J connectivity index is -0.00000118. The zero-order valence-electron chi connectivity index (χ0n) is 47.1. The first-order valence-corrected chi connectivity index (χ1v) is 32.6. The molecule has 0 radical (unpaired) electrons. The molecule has 0 aromatic rings. The Morgan fingerprint density at radius 3 is 1.14 bits per heavy atom. The first-order chi connectivity index (χ1) is 34.9. The summed E-state index contributed by atoms with van der Waals surface area (Å²) in [6.07, 6.45) is 47.1. The van der Waals surface area contributed by atoms with E-state index in [1.807, 2.05) is 13.8 Å². The number of carbonyl (C=O) groups is 6. The van der Waals surface area contributed by atoms with E-state index in [0.717, 1.165) is 31.4 Å². The van der Waals surface area contributed by atoms with Crippen LogP contribution in [0.2, 0.25) is 0 Å². The summed E-state index contributed by atoms with van der Waals surface area (Å²) in [5.74, 6) is 2.08. The maximum atomic E-state index is 12.0. The van der Waals surface area contributed by atoms with E-state index in [2.05, 4.69) is 37.1 Å². The average molecular weight is 1090 g/mol. The molecule has 0 aliphatic heterocycles. The van der Waals surface area contributed by atoms with E-state index in [1.54, 1.807) is 17.8 Å². The monoisotopic (exact) mass is 1090 g/mol. The molecular weight excluding hydrogens is 981 g/mol. The number of thioether (sulfide) groups is 3. The summed E-state index contributed by atoms with van der Waals surface area (Å²) < 4.78 is 10.5. The normalized spacial score (nSPS) is 11.3. The molecule has 424 valence electrons. The highest BCUT2D eigenvalue weighted by atomic mass is 32.2. The number of ether oxygens (including phenoxy) is 2. The molecule has 0 aliphatic carbocycles. The minimum atomic E-state index is -0.200. The van der Waals surface area contributed by atoms with Gasteiger partial charge in [0, 0.05) is 61.6 Å². The Labute approximate surface area is 461 Å². The van der Waals surface area contributed by atoms with Gasteiger partial charge in [0.15, 0.2) is 5.12 Å². The van der Waals surface area contributed by atoms with Gasteiger partial charge in [0.25, 0.3) is 0 Å². The van der Waals surface area contributed by atoms with Crippen LogP contribution < -0.4 is 10.6 Å². The van der Waals surface area contributed by atoms with Crippen molar-refractivity contribution in [3.8, 4) is 0 Å². The van der Waals surface area contributed by atoms with Gasteiger partial charge in [0.05, 0.1) is 26.1 Å². The molecule has 1 atom stereocenters. The van der Waals surface area contributed by atoms with Gasteiger partial charge in [-0.25, -0.2) is 0 Å². The highest BCUT2D eigenvalue weighted by Gasteiger charge is 2.12. The lowest BCUT2D eigenvalue weighted by Crippen LogP contribution is -2.23. The summed E-state index contributed by atoms with van der Waals surface area (Å²) in [4.78, 5) is 67.6. The van der Waals surface area contributed by atoms with Crippen molar-refractivity contribution < 1.29 is 38.2 Å². The third-order valence-electron chi connectivity index (χ3n) is 11.8. The summed E-state index contributed by atoms with van der Waals surface area (Å²) in [6.45, 7) is 13.7. The van der Waals surface area contributed by atoms with E-state index in [9.17, 15) is 28.8 Å². The van der Waals surface area contributed by atoms with E-state index in [0.29, 0.717) is 62.8 Å². The molecule has 10 nitrogen and oxygen atoms in total. The van der Waals surface area contributed by atoms with E-state index in [-0.39, 0.29) is 39.2 Å². The molecule has 0 rings (SSSR count). The Bertz CT molecular complexity index is 1270. The molecule has 72 heavy (non-hydrogen) atoms. The second-order valence-electron chi connectivity index (χ2n) is 19.0. The molecule has 0 fully saturated rings. The minimum absolute atomic E-state index is 0.00175. The lowest BCUT2D eigenvalue weighted by molar-refractivity contribution is -0.144. The maximum Gasteiger partial charge on any atom is 0.306 e. The fourth-order valence-electron chi connectivity index (χ4n) is 7.56.